The molecule has 0 saturated carbocycles. The summed E-state index contributed by atoms with van der Waals surface area (Å²) in [6.07, 6.45) is 0. The minimum atomic E-state index is 0. The Balaban J connectivity index is 0.00000225. The number of anilines is 2. The van der Waals surface area contributed by atoms with E-state index in [9.17, 15) is 10.2 Å². The second-order valence-electron chi connectivity index (χ2n) is 5.98. The van der Waals surface area contributed by atoms with Gasteiger partial charge >= 0.3 is 0 Å². The molecule has 3 nitrogen and oxygen atoms in total. The van der Waals surface area contributed by atoms with Crippen molar-refractivity contribution in [2.75, 3.05) is 4.90 Å². The molecule has 0 unspecified atom stereocenters. The summed E-state index contributed by atoms with van der Waals surface area (Å²) < 4.78 is 0. The van der Waals surface area contributed by atoms with Gasteiger partial charge < -0.3 is 15.1 Å². The Morgan fingerprint density at radius 2 is 1.20 bits per heavy atom. The van der Waals surface area contributed by atoms with Crippen molar-refractivity contribution in [1.29, 1.82) is 0 Å². The molecule has 0 heterocycles. The minimum absolute atomic E-state index is 0. The molecule has 0 spiro atoms. The van der Waals surface area contributed by atoms with Crippen LogP contribution in [0.15, 0.2) is 66.7 Å². The number of aromatic hydroxyl groups is 2. The quantitative estimate of drug-likeness (QED) is 0.675. The van der Waals surface area contributed by atoms with E-state index in [1.165, 1.54) is 16.7 Å². The third-order valence-corrected chi connectivity index (χ3v) is 4.37. The number of phenolic OH excluding ortho intramolecular Hbond substituents is 2. The van der Waals surface area contributed by atoms with Gasteiger partial charge in [-0.05, 0) is 79.1 Å². The zero-order valence-corrected chi connectivity index (χ0v) is 15.7. The predicted octanol–water partition coefficient (Wildman–Crippen LogP) is 5.05. The normalized spacial score (nSPS) is 10.2. The zero-order chi connectivity index (χ0) is 17.1. The standard InChI is InChI=1S/C21H21NO2.V/c1-15-4-3-5-17(16(15)2)14-22(18-6-10-20(23)11-7-18)19-8-12-21(24)13-9-19;/h3-13,23-24H,14H2,1-2H3;. The van der Waals surface area contributed by atoms with Crippen molar-refractivity contribution in [1.82, 2.24) is 0 Å². The number of rotatable bonds is 4. The van der Waals surface area contributed by atoms with E-state index in [1.54, 1.807) is 24.3 Å². The molecular weight excluding hydrogens is 349 g/mol. The molecule has 0 aliphatic heterocycles. The molecule has 0 bridgehead atoms. The molecule has 25 heavy (non-hydrogen) atoms. The Hall–Kier alpha value is -2.36. The average Bonchev–Trinajstić information content (AvgIpc) is 2.58. The monoisotopic (exact) mass is 370 g/mol. The van der Waals surface area contributed by atoms with Crippen LogP contribution in [0, 0.1) is 13.8 Å². The van der Waals surface area contributed by atoms with Crippen molar-refractivity contribution in [3.05, 3.63) is 83.4 Å². The summed E-state index contributed by atoms with van der Waals surface area (Å²) in [5.41, 5.74) is 5.76. The van der Waals surface area contributed by atoms with E-state index in [4.69, 9.17) is 0 Å². The fourth-order valence-corrected chi connectivity index (χ4v) is 2.75. The van der Waals surface area contributed by atoms with Crippen LogP contribution in [0.2, 0.25) is 0 Å². The smallest absolute Gasteiger partial charge is 0.115 e. The van der Waals surface area contributed by atoms with Crippen molar-refractivity contribution >= 4 is 11.4 Å². The van der Waals surface area contributed by atoms with E-state index in [2.05, 4.69) is 36.9 Å². The summed E-state index contributed by atoms with van der Waals surface area (Å²) >= 11 is 0. The van der Waals surface area contributed by atoms with Gasteiger partial charge in [-0.3, -0.25) is 0 Å². The van der Waals surface area contributed by atoms with E-state index in [0.717, 1.165) is 11.4 Å². The fourth-order valence-electron chi connectivity index (χ4n) is 2.75. The van der Waals surface area contributed by atoms with Gasteiger partial charge in [0.25, 0.3) is 0 Å². The molecule has 0 saturated heterocycles. The maximum atomic E-state index is 9.56. The first-order chi connectivity index (χ1) is 11.5. The van der Waals surface area contributed by atoms with Crippen molar-refractivity contribution in [3.63, 3.8) is 0 Å². The second kappa shape index (κ2) is 8.15. The molecule has 2 N–H and O–H groups in total. The van der Waals surface area contributed by atoms with Crippen LogP contribution in [0.4, 0.5) is 11.4 Å². The van der Waals surface area contributed by atoms with Gasteiger partial charge in [0.2, 0.25) is 0 Å². The van der Waals surface area contributed by atoms with Gasteiger partial charge in [0, 0.05) is 36.5 Å². The Morgan fingerprint density at radius 1 is 0.720 bits per heavy atom. The molecule has 0 amide bonds. The average molecular weight is 370 g/mol. The van der Waals surface area contributed by atoms with Crippen molar-refractivity contribution in [2.24, 2.45) is 0 Å². The largest absolute Gasteiger partial charge is 0.508 e. The topological polar surface area (TPSA) is 43.7 Å². The van der Waals surface area contributed by atoms with Gasteiger partial charge in [0.1, 0.15) is 11.5 Å². The second-order valence-corrected chi connectivity index (χ2v) is 5.98. The summed E-state index contributed by atoms with van der Waals surface area (Å²) in [6.45, 7) is 4.96. The number of aryl methyl sites for hydroxylation is 1. The van der Waals surface area contributed by atoms with E-state index in [1.807, 2.05) is 24.3 Å². The Kier molecular flexibility index (Phi) is 6.19. The number of benzene rings is 3. The molecule has 3 aromatic carbocycles. The molecule has 3 aromatic rings. The minimum Gasteiger partial charge on any atom is -0.508 e. The van der Waals surface area contributed by atoms with Crippen molar-refractivity contribution in [3.8, 4) is 11.5 Å². The molecule has 127 valence electrons. The number of hydrogen-bond acceptors (Lipinski definition) is 3. The Morgan fingerprint density at radius 3 is 1.68 bits per heavy atom. The van der Waals surface area contributed by atoms with Gasteiger partial charge in [-0.1, -0.05) is 18.2 Å². The molecule has 0 atom stereocenters. The molecule has 0 fully saturated rings. The maximum Gasteiger partial charge on any atom is 0.115 e. The van der Waals surface area contributed by atoms with Gasteiger partial charge in [-0.15, -0.1) is 0 Å². The fraction of sp³-hybridized carbons (Fsp3) is 0.143. The Bertz CT molecular complexity index is 784. The first kappa shape index (κ1) is 19.0. The third kappa shape index (κ3) is 4.38. The summed E-state index contributed by atoms with van der Waals surface area (Å²) in [7, 11) is 0. The first-order valence-electron chi connectivity index (χ1n) is 7.95. The maximum absolute atomic E-state index is 9.56. The van der Waals surface area contributed by atoms with E-state index in [-0.39, 0.29) is 30.1 Å². The van der Waals surface area contributed by atoms with Crippen molar-refractivity contribution < 1.29 is 28.8 Å². The van der Waals surface area contributed by atoms with Crippen LogP contribution in [0.3, 0.4) is 0 Å². The first-order valence-corrected chi connectivity index (χ1v) is 7.95. The van der Waals surface area contributed by atoms with Crippen LogP contribution in [0.25, 0.3) is 0 Å². The molecule has 0 aromatic heterocycles. The van der Waals surface area contributed by atoms with Gasteiger partial charge in [0.15, 0.2) is 0 Å². The van der Waals surface area contributed by atoms with Crippen molar-refractivity contribution in [2.45, 2.75) is 20.4 Å². The summed E-state index contributed by atoms with van der Waals surface area (Å²) in [5.74, 6) is 0.493. The molecular formula is C21H21NO2V. The zero-order valence-electron chi connectivity index (χ0n) is 14.3. The number of hydrogen-bond donors (Lipinski definition) is 2. The van der Waals surface area contributed by atoms with E-state index >= 15 is 0 Å². The molecule has 1 radical (unpaired) electrons. The number of nitrogens with zero attached hydrogens (tertiary/aromatic N) is 1. The van der Waals surface area contributed by atoms with Crippen LogP contribution >= 0.6 is 0 Å². The molecule has 3 rings (SSSR count). The molecule has 0 aliphatic rings. The predicted molar refractivity (Wildman–Crippen MR) is 98.0 cm³/mol. The summed E-state index contributed by atoms with van der Waals surface area (Å²) in [5, 5.41) is 19.1. The summed E-state index contributed by atoms with van der Waals surface area (Å²) in [6, 6.07) is 20.7. The molecule has 4 heteroatoms. The van der Waals surface area contributed by atoms with E-state index in [0.29, 0.717) is 6.54 Å². The summed E-state index contributed by atoms with van der Waals surface area (Å²) in [4.78, 5) is 2.17. The third-order valence-electron chi connectivity index (χ3n) is 4.37. The SMILES string of the molecule is Cc1cccc(CN(c2ccc(O)cc2)c2ccc(O)cc2)c1C.[V]. The van der Waals surface area contributed by atoms with Crippen LogP contribution in [-0.2, 0) is 25.1 Å². The van der Waals surface area contributed by atoms with Gasteiger partial charge in [-0.25, -0.2) is 0 Å². The molecule has 0 aliphatic carbocycles. The van der Waals surface area contributed by atoms with Crippen LogP contribution < -0.4 is 4.90 Å². The van der Waals surface area contributed by atoms with Gasteiger partial charge in [0.05, 0.1) is 0 Å². The van der Waals surface area contributed by atoms with E-state index < -0.39 is 0 Å². The van der Waals surface area contributed by atoms with Crippen LogP contribution in [0.5, 0.6) is 11.5 Å². The van der Waals surface area contributed by atoms with Crippen LogP contribution in [-0.4, -0.2) is 10.2 Å². The Labute approximate surface area is 160 Å². The van der Waals surface area contributed by atoms with Gasteiger partial charge in [-0.2, -0.15) is 0 Å². The van der Waals surface area contributed by atoms with Crippen LogP contribution in [0.1, 0.15) is 16.7 Å². The number of phenols is 2.